The summed E-state index contributed by atoms with van der Waals surface area (Å²) in [6.07, 6.45) is 4.64. The van der Waals surface area contributed by atoms with Crippen molar-refractivity contribution < 1.29 is 14.3 Å². The van der Waals surface area contributed by atoms with Crippen LogP contribution in [0.5, 0.6) is 0 Å². The van der Waals surface area contributed by atoms with Gasteiger partial charge in [0, 0.05) is 53.0 Å². The molecule has 0 radical (unpaired) electrons. The number of ether oxygens (including phenoxy) is 1. The summed E-state index contributed by atoms with van der Waals surface area (Å²) in [5.41, 5.74) is 2.51. The van der Waals surface area contributed by atoms with Crippen LogP contribution in [0.4, 0.5) is 4.79 Å². The number of amides is 2. The zero-order valence-corrected chi connectivity index (χ0v) is 30.5. The molecule has 3 fully saturated rings. The van der Waals surface area contributed by atoms with Gasteiger partial charge in [0.15, 0.2) is 6.10 Å². The lowest BCUT2D eigenvalue weighted by Gasteiger charge is -2.40. The molecule has 3 saturated heterocycles. The molecule has 9 nitrogen and oxygen atoms in total. The Bertz CT molecular complexity index is 1850. The van der Waals surface area contributed by atoms with Crippen molar-refractivity contribution in [1.29, 1.82) is 0 Å². The molecule has 4 aromatic rings. The van der Waals surface area contributed by atoms with E-state index in [-0.39, 0.29) is 17.6 Å². The highest BCUT2D eigenvalue weighted by molar-refractivity contribution is 9.13. The number of piperidine rings is 3. The molecule has 0 aliphatic carbocycles. The first-order valence-corrected chi connectivity index (χ1v) is 18.8. The van der Waals surface area contributed by atoms with E-state index in [4.69, 9.17) is 4.74 Å². The standard InChI is InChI=1S/C37H43Br2N5O4/c1-41-16-10-25(11-17-41)26-12-18-42(19-13-26)35(45)33(23-24-6-8-30(38)31(39)22-24)48-37(47)43-20-14-28(15-21-43)44-32-9-7-27-4-2-3-5-29(27)34(32)40-36(44)46/h2-9,22,25-26,28,33H,10-21,23H2,1H3,(H,40,46)/t33-/m1/s1. The van der Waals surface area contributed by atoms with Crippen LogP contribution in [-0.4, -0.2) is 88.7 Å². The Morgan fingerprint density at radius 3 is 2.21 bits per heavy atom. The minimum atomic E-state index is -0.910. The largest absolute Gasteiger partial charge is 0.436 e. The summed E-state index contributed by atoms with van der Waals surface area (Å²) < 4.78 is 9.75. The Labute approximate surface area is 297 Å². The van der Waals surface area contributed by atoms with E-state index in [1.54, 1.807) is 4.90 Å². The molecule has 2 amide bonds. The van der Waals surface area contributed by atoms with E-state index in [2.05, 4.69) is 48.8 Å². The highest BCUT2D eigenvalue weighted by atomic mass is 79.9. The Balaban J connectivity index is 1.02. The summed E-state index contributed by atoms with van der Waals surface area (Å²) in [6.45, 7) is 4.60. The molecule has 7 rings (SSSR count). The smallest absolute Gasteiger partial charge is 0.410 e. The highest BCUT2D eigenvalue weighted by Gasteiger charge is 2.36. The zero-order chi connectivity index (χ0) is 33.4. The fourth-order valence-corrected chi connectivity index (χ4v) is 8.76. The average Bonchev–Trinajstić information content (AvgIpc) is 3.46. The van der Waals surface area contributed by atoms with Gasteiger partial charge in [0.25, 0.3) is 5.91 Å². The molecule has 0 unspecified atom stereocenters. The van der Waals surface area contributed by atoms with E-state index < -0.39 is 12.2 Å². The van der Waals surface area contributed by atoms with Crippen LogP contribution in [-0.2, 0) is 16.0 Å². The summed E-state index contributed by atoms with van der Waals surface area (Å²) in [4.78, 5) is 49.9. The molecule has 3 aliphatic rings. The van der Waals surface area contributed by atoms with Crippen molar-refractivity contribution in [3.63, 3.8) is 0 Å². The van der Waals surface area contributed by atoms with Crippen LogP contribution in [0.15, 0.2) is 68.3 Å². The number of H-pyrrole nitrogens is 1. The number of nitrogens with zero attached hydrogens (tertiary/aromatic N) is 4. The Morgan fingerprint density at radius 1 is 0.833 bits per heavy atom. The van der Waals surface area contributed by atoms with Gasteiger partial charge in [-0.2, -0.15) is 0 Å². The molecule has 1 atom stereocenters. The number of halogens is 2. The van der Waals surface area contributed by atoms with Crippen LogP contribution < -0.4 is 5.69 Å². The van der Waals surface area contributed by atoms with Crippen molar-refractivity contribution in [3.8, 4) is 0 Å². The predicted molar refractivity (Wildman–Crippen MR) is 195 cm³/mol. The number of imidazole rings is 1. The second-order valence-electron chi connectivity index (χ2n) is 13.8. The van der Waals surface area contributed by atoms with E-state index in [0.29, 0.717) is 51.4 Å². The molecule has 48 heavy (non-hydrogen) atoms. The zero-order valence-electron chi connectivity index (χ0n) is 27.4. The van der Waals surface area contributed by atoms with Gasteiger partial charge in [0.2, 0.25) is 0 Å². The first kappa shape index (κ1) is 33.4. The molecule has 1 N–H and O–H groups in total. The minimum absolute atomic E-state index is 0.0418. The number of aromatic nitrogens is 2. The van der Waals surface area contributed by atoms with E-state index in [9.17, 15) is 14.4 Å². The van der Waals surface area contributed by atoms with E-state index >= 15 is 0 Å². The molecule has 3 aliphatic heterocycles. The van der Waals surface area contributed by atoms with Crippen molar-refractivity contribution in [2.75, 3.05) is 46.3 Å². The number of aromatic amines is 1. The number of carbonyl (C=O) groups is 2. The van der Waals surface area contributed by atoms with E-state index in [0.717, 1.165) is 68.2 Å². The molecule has 1 aromatic heterocycles. The molecular weight excluding hydrogens is 738 g/mol. The van der Waals surface area contributed by atoms with Gasteiger partial charge in [-0.25, -0.2) is 9.59 Å². The van der Waals surface area contributed by atoms with Crippen LogP contribution in [0.1, 0.15) is 50.1 Å². The van der Waals surface area contributed by atoms with Gasteiger partial charge in [-0.15, -0.1) is 0 Å². The van der Waals surface area contributed by atoms with Gasteiger partial charge in [0.1, 0.15) is 0 Å². The third kappa shape index (κ3) is 6.96. The molecule has 3 aromatic carbocycles. The minimum Gasteiger partial charge on any atom is -0.436 e. The van der Waals surface area contributed by atoms with Crippen molar-refractivity contribution in [2.24, 2.45) is 11.8 Å². The average molecular weight is 782 g/mol. The first-order chi connectivity index (χ1) is 23.2. The lowest BCUT2D eigenvalue weighted by Crippen LogP contribution is -2.49. The van der Waals surface area contributed by atoms with Gasteiger partial charge in [-0.1, -0.05) is 36.4 Å². The Hall–Kier alpha value is -3.15. The highest BCUT2D eigenvalue weighted by Crippen LogP contribution is 2.33. The number of rotatable bonds is 6. The molecule has 254 valence electrons. The third-order valence-electron chi connectivity index (χ3n) is 10.9. The fraction of sp³-hybridized carbons (Fsp3) is 0.486. The first-order valence-electron chi connectivity index (χ1n) is 17.2. The fourth-order valence-electron chi connectivity index (χ4n) is 8.09. The molecule has 0 saturated carbocycles. The quantitative estimate of drug-likeness (QED) is 0.228. The molecule has 0 spiro atoms. The predicted octanol–water partition coefficient (Wildman–Crippen LogP) is 6.97. The number of nitrogens with one attached hydrogen (secondary N) is 1. The third-order valence-corrected chi connectivity index (χ3v) is 12.8. The van der Waals surface area contributed by atoms with Gasteiger partial charge < -0.3 is 24.4 Å². The van der Waals surface area contributed by atoms with Crippen LogP contribution in [0.2, 0.25) is 0 Å². The number of likely N-dealkylation sites (tertiary alicyclic amines) is 3. The monoisotopic (exact) mass is 779 g/mol. The van der Waals surface area contributed by atoms with E-state index in [1.165, 1.54) is 12.8 Å². The molecule has 0 bridgehead atoms. The number of fused-ring (bicyclic) bond motifs is 3. The van der Waals surface area contributed by atoms with Crippen molar-refractivity contribution >= 4 is 65.7 Å². The van der Waals surface area contributed by atoms with Gasteiger partial charge >= 0.3 is 11.8 Å². The lowest BCUT2D eigenvalue weighted by atomic mass is 9.79. The Kier molecular flexibility index (Phi) is 9.99. The molecular formula is C37H43Br2N5O4. The van der Waals surface area contributed by atoms with E-state index in [1.807, 2.05) is 64.1 Å². The van der Waals surface area contributed by atoms with Crippen LogP contribution >= 0.6 is 31.9 Å². The second kappa shape index (κ2) is 14.4. The van der Waals surface area contributed by atoms with Crippen molar-refractivity contribution in [2.45, 2.75) is 57.1 Å². The summed E-state index contributed by atoms with van der Waals surface area (Å²) in [7, 11) is 2.19. The summed E-state index contributed by atoms with van der Waals surface area (Å²) in [5, 5.41) is 2.10. The summed E-state index contributed by atoms with van der Waals surface area (Å²) >= 11 is 7.11. The molecule has 11 heteroatoms. The summed E-state index contributed by atoms with van der Waals surface area (Å²) in [6, 6.07) is 17.9. The summed E-state index contributed by atoms with van der Waals surface area (Å²) in [5.74, 6) is 1.27. The maximum atomic E-state index is 14.0. The van der Waals surface area contributed by atoms with Crippen molar-refractivity contribution in [3.05, 3.63) is 79.6 Å². The van der Waals surface area contributed by atoms with Crippen LogP contribution in [0.25, 0.3) is 21.8 Å². The van der Waals surface area contributed by atoms with Crippen molar-refractivity contribution in [1.82, 2.24) is 24.3 Å². The number of hydrogen-bond acceptors (Lipinski definition) is 5. The lowest BCUT2D eigenvalue weighted by molar-refractivity contribution is -0.142. The van der Waals surface area contributed by atoms with Crippen LogP contribution in [0, 0.1) is 11.8 Å². The number of carbonyl (C=O) groups excluding carboxylic acids is 2. The second-order valence-corrected chi connectivity index (χ2v) is 15.5. The topological polar surface area (TPSA) is 90.9 Å². The Morgan fingerprint density at radius 2 is 1.50 bits per heavy atom. The van der Waals surface area contributed by atoms with Crippen LogP contribution in [0.3, 0.4) is 0 Å². The van der Waals surface area contributed by atoms with Gasteiger partial charge in [0.05, 0.1) is 11.0 Å². The number of hydrogen-bond donors (Lipinski definition) is 1. The maximum Gasteiger partial charge on any atom is 0.410 e. The SMILES string of the molecule is CN1CCC(C2CCN(C(=O)[C@@H](Cc3ccc(Br)c(Br)c3)OC(=O)N3CCC(n4c(=O)[nH]c5c6ccccc6ccc54)CC3)CC2)CC1. The normalized spacial score (nSPS) is 19.6. The maximum absolute atomic E-state index is 14.0. The number of benzene rings is 3. The molecule has 4 heterocycles. The van der Waals surface area contributed by atoms with Gasteiger partial charge in [-0.3, -0.25) is 9.36 Å². The van der Waals surface area contributed by atoms with Gasteiger partial charge in [-0.05, 0) is 132 Å².